The lowest BCUT2D eigenvalue weighted by atomic mass is 10.1. The monoisotopic (exact) mass is 224 g/mol. The zero-order valence-electron chi connectivity index (χ0n) is 9.45. The number of hydrogen-bond acceptors (Lipinski definition) is 2. The van der Waals surface area contributed by atoms with Crippen molar-refractivity contribution in [2.24, 2.45) is 0 Å². The molecule has 0 unspecified atom stereocenters. The number of carbonyl (C=O) groups is 1. The van der Waals surface area contributed by atoms with E-state index in [0.29, 0.717) is 5.70 Å². The minimum absolute atomic E-state index is 0.0489. The van der Waals surface area contributed by atoms with Crippen LogP contribution in [0.4, 0.5) is 5.69 Å². The highest BCUT2D eigenvalue weighted by Crippen LogP contribution is 2.28. The minimum Gasteiger partial charge on any atom is -0.359 e. The smallest absolute Gasteiger partial charge is 0.211 e. The van der Waals surface area contributed by atoms with Crippen LogP contribution in [0.5, 0.6) is 0 Å². The summed E-state index contributed by atoms with van der Waals surface area (Å²) in [5.41, 5.74) is 4.26. The van der Waals surface area contributed by atoms with Crippen LogP contribution in [0.2, 0.25) is 0 Å². The van der Waals surface area contributed by atoms with Gasteiger partial charge in [0.05, 0.1) is 5.70 Å². The fraction of sp³-hybridized carbons (Fsp3) is 0.0714. The van der Waals surface area contributed by atoms with E-state index in [1.54, 1.807) is 0 Å². The topological polar surface area (TPSA) is 44.9 Å². The van der Waals surface area contributed by atoms with E-state index in [9.17, 15) is 4.79 Å². The van der Waals surface area contributed by atoms with Gasteiger partial charge < -0.3 is 10.3 Å². The van der Waals surface area contributed by atoms with Crippen LogP contribution < -0.4 is 5.32 Å². The lowest BCUT2D eigenvalue weighted by molar-refractivity contribution is 0.104. The molecule has 84 valence electrons. The largest absolute Gasteiger partial charge is 0.359 e. The normalized spacial score (nSPS) is 16.1. The van der Waals surface area contributed by atoms with Gasteiger partial charge in [0, 0.05) is 22.6 Å². The number of fused-ring (bicyclic) bond motifs is 1. The van der Waals surface area contributed by atoms with Gasteiger partial charge in [0.2, 0.25) is 5.78 Å². The number of aromatic nitrogens is 1. The van der Waals surface area contributed by atoms with Crippen LogP contribution in [0.15, 0.2) is 42.1 Å². The highest BCUT2D eigenvalue weighted by Gasteiger charge is 2.23. The van der Waals surface area contributed by atoms with Crippen LogP contribution in [0.3, 0.4) is 0 Å². The number of rotatable bonds is 1. The van der Waals surface area contributed by atoms with Crippen molar-refractivity contribution in [3.05, 3.63) is 59.0 Å². The standard InChI is InChI=1S/C14H12N2O/c1-9-6-7-10(15-9)8-13-14(17)11-4-2-3-5-12(11)16-13/h2-8,15-16H,1H3. The minimum atomic E-state index is 0.0489. The van der Waals surface area contributed by atoms with Crippen molar-refractivity contribution >= 4 is 17.5 Å². The van der Waals surface area contributed by atoms with Crippen molar-refractivity contribution in [3.8, 4) is 0 Å². The highest BCUT2D eigenvalue weighted by atomic mass is 16.1. The molecule has 0 spiro atoms. The Morgan fingerprint density at radius 3 is 2.65 bits per heavy atom. The molecule has 1 aromatic heterocycles. The fourth-order valence-corrected chi connectivity index (χ4v) is 2.00. The second-order valence-electron chi connectivity index (χ2n) is 4.15. The SMILES string of the molecule is Cc1ccc(C=C2Nc3ccccc3C2=O)[nH]1. The molecule has 0 bridgehead atoms. The summed E-state index contributed by atoms with van der Waals surface area (Å²) in [5.74, 6) is 0.0489. The number of allylic oxidation sites excluding steroid dienone is 1. The van der Waals surface area contributed by atoms with E-state index in [2.05, 4.69) is 10.3 Å². The molecule has 3 heteroatoms. The molecule has 1 aromatic carbocycles. The Balaban J connectivity index is 1.99. The van der Waals surface area contributed by atoms with Gasteiger partial charge in [0.1, 0.15) is 0 Å². The third-order valence-electron chi connectivity index (χ3n) is 2.84. The van der Waals surface area contributed by atoms with Crippen molar-refractivity contribution in [3.63, 3.8) is 0 Å². The van der Waals surface area contributed by atoms with E-state index in [-0.39, 0.29) is 5.78 Å². The molecular formula is C14H12N2O. The zero-order chi connectivity index (χ0) is 11.8. The fourth-order valence-electron chi connectivity index (χ4n) is 2.00. The number of H-pyrrole nitrogens is 1. The molecule has 17 heavy (non-hydrogen) atoms. The van der Waals surface area contributed by atoms with Gasteiger partial charge >= 0.3 is 0 Å². The molecule has 0 aliphatic carbocycles. The molecule has 2 aromatic rings. The summed E-state index contributed by atoms with van der Waals surface area (Å²) in [6.07, 6.45) is 1.84. The van der Waals surface area contributed by atoms with Gasteiger partial charge in [-0.25, -0.2) is 0 Å². The summed E-state index contributed by atoms with van der Waals surface area (Å²) < 4.78 is 0. The van der Waals surface area contributed by atoms with Crippen molar-refractivity contribution in [2.45, 2.75) is 6.92 Å². The molecule has 3 nitrogen and oxygen atoms in total. The second-order valence-corrected chi connectivity index (χ2v) is 4.15. The molecular weight excluding hydrogens is 212 g/mol. The summed E-state index contributed by atoms with van der Waals surface area (Å²) in [7, 11) is 0. The summed E-state index contributed by atoms with van der Waals surface area (Å²) in [6.45, 7) is 1.99. The van der Waals surface area contributed by atoms with Gasteiger partial charge in [-0.05, 0) is 37.3 Å². The number of ketones is 1. The van der Waals surface area contributed by atoms with E-state index in [4.69, 9.17) is 0 Å². The lowest BCUT2D eigenvalue weighted by Crippen LogP contribution is -1.99. The zero-order valence-corrected chi connectivity index (χ0v) is 9.45. The first-order valence-corrected chi connectivity index (χ1v) is 5.52. The number of Topliss-reactive ketones (excluding diaryl/α,β-unsaturated/α-hetero) is 1. The first kappa shape index (κ1) is 9.90. The van der Waals surface area contributed by atoms with Gasteiger partial charge in [0.25, 0.3) is 0 Å². The first-order chi connectivity index (χ1) is 8.24. The average molecular weight is 224 g/mol. The Morgan fingerprint density at radius 1 is 1.12 bits per heavy atom. The first-order valence-electron chi connectivity index (χ1n) is 5.52. The van der Waals surface area contributed by atoms with E-state index in [0.717, 1.165) is 22.6 Å². The van der Waals surface area contributed by atoms with Crippen LogP contribution >= 0.6 is 0 Å². The predicted molar refractivity (Wildman–Crippen MR) is 67.9 cm³/mol. The molecule has 0 fully saturated rings. The van der Waals surface area contributed by atoms with Crippen molar-refractivity contribution in [2.75, 3.05) is 5.32 Å². The number of carbonyl (C=O) groups excluding carboxylic acids is 1. The predicted octanol–water partition coefficient (Wildman–Crippen LogP) is 2.97. The molecule has 3 rings (SSSR count). The van der Waals surface area contributed by atoms with Crippen LogP contribution in [0, 0.1) is 6.92 Å². The number of para-hydroxylation sites is 1. The van der Waals surface area contributed by atoms with Gasteiger partial charge in [0.15, 0.2) is 0 Å². The average Bonchev–Trinajstić information content (AvgIpc) is 2.86. The Kier molecular flexibility index (Phi) is 2.11. The van der Waals surface area contributed by atoms with Crippen LogP contribution in [0.1, 0.15) is 21.7 Å². The number of aromatic amines is 1. The molecule has 0 amide bonds. The third-order valence-corrected chi connectivity index (χ3v) is 2.84. The third kappa shape index (κ3) is 1.65. The van der Waals surface area contributed by atoms with Crippen molar-refractivity contribution in [1.82, 2.24) is 4.98 Å². The van der Waals surface area contributed by atoms with Gasteiger partial charge in [-0.15, -0.1) is 0 Å². The number of anilines is 1. The maximum absolute atomic E-state index is 12.1. The Morgan fingerprint density at radius 2 is 1.94 bits per heavy atom. The summed E-state index contributed by atoms with van der Waals surface area (Å²) in [6, 6.07) is 11.5. The summed E-state index contributed by atoms with van der Waals surface area (Å²) in [4.78, 5) is 15.2. The quantitative estimate of drug-likeness (QED) is 0.731. The number of benzene rings is 1. The van der Waals surface area contributed by atoms with Crippen LogP contribution in [-0.2, 0) is 0 Å². The maximum Gasteiger partial charge on any atom is 0.211 e. The van der Waals surface area contributed by atoms with Crippen molar-refractivity contribution in [1.29, 1.82) is 0 Å². The van der Waals surface area contributed by atoms with Crippen LogP contribution in [-0.4, -0.2) is 10.8 Å². The summed E-state index contributed by atoms with van der Waals surface area (Å²) in [5, 5.41) is 3.13. The van der Waals surface area contributed by atoms with Gasteiger partial charge in [-0.3, -0.25) is 4.79 Å². The number of nitrogens with one attached hydrogen (secondary N) is 2. The maximum atomic E-state index is 12.1. The van der Waals surface area contributed by atoms with Crippen LogP contribution in [0.25, 0.3) is 6.08 Å². The van der Waals surface area contributed by atoms with E-state index >= 15 is 0 Å². The lowest BCUT2D eigenvalue weighted by Gasteiger charge is -1.96. The highest BCUT2D eigenvalue weighted by molar-refractivity contribution is 6.20. The Labute approximate surface area is 99.2 Å². The molecule has 0 saturated heterocycles. The van der Waals surface area contributed by atoms with E-state index in [1.807, 2.05) is 49.4 Å². The Bertz CT molecular complexity index is 623. The second kappa shape index (κ2) is 3.63. The van der Waals surface area contributed by atoms with Gasteiger partial charge in [-0.2, -0.15) is 0 Å². The van der Waals surface area contributed by atoms with E-state index in [1.165, 1.54) is 0 Å². The summed E-state index contributed by atoms with van der Waals surface area (Å²) >= 11 is 0. The van der Waals surface area contributed by atoms with E-state index < -0.39 is 0 Å². The molecule has 1 aliphatic heterocycles. The molecule has 0 atom stereocenters. The van der Waals surface area contributed by atoms with Gasteiger partial charge in [-0.1, -0.05) is 12.1 Å². The molecule has 0 radical (unpaired) electrons. The molecule has 2 N–H and O–H groups in total. The van der Waals surface area contributed by atoms with Crippen molar-refractivity contribution < 1.29 is 4.79 Å². The number of aryl methyl sites for hydroxylation is 1. The number of hydrogen-bond donors (Lipinski definition) is 2. The molecule has 0 saturated carbocycles. The molecule has 2 heterocycles. The molecule has 1 aliphatic rings. The Hall–Kier alpha value is -2.29.